The molecule has 1 heterocycles. The molecule has 0 aliphatic heterocycles. The zero-order valence-electron chi connectivity index (χ0n) is 17.9. The van der Waals surface area contributed by atoms with Crippen molar-refractivity contribution in [2.24, 2.45) is 0 Å². The summed E-state index contributed by atoms with van der Waals surface area (Å²) in [5, 5.41) is 0. The fourth-order valence-corrected chi connectivity index (χ4v) is 3.72. The monoisotopic (exact) mass is 400 g/mol. The van der Waals surface area contributed by atoms with E-state index in [1.807, 2.05) is 30.3 Å². The lowest BCUT2D eigenvalue weighted by Crippen LogP contribution is -2.13. The van der Waals surface area contributed by atoms with E-state index in [1.54, 1.807) is 0 Å². The highest BCUT2D eigenvalue weighted by atomic mass is 16.5. The van der Waals surface area contributed by atoms with Gasteiger partial charge >= 0.3 is 0 Å². The number of para-hydroxylation sites is 3. The van der Waals surface area contributed by atoms with E-state index in [-0.39, 0.29) is 0 Å². The van der Waals surface area contributed by atoms with Crippen LogP contribution in [-0.2, 0) is 19.6 Å². The molecule has 0 atom stereocenters. The maximum atomic E-state index is 6.14. The molecule has 4 aromatic rings. The molecule has 0 saturated carbocycles. The summed E-state index contributed by atoms with van der Waals surface area (Å²) in [6, 6.07) is 22.7. The molecular formula is C26H28N2O2. The number of imidazole rings is 1. The summed E-state index contributed by atoms with van der Waals surface area (Å²) in [5.41, 5.74) is 5.69. The first-order valence-corrected chi connectivity index (χ1v) is 10.5. The first-order valence-electron chi connectivity index (χ1n) is 10.5. The average molecular weight is 401 g/mol. The van der Waals surface area contributed by atoms with Crippen LogP contribution in [0, 0.1) is 13.8 Å². The molecule has 1 aromatic heterocycles. The van der Waals surface area contributed by atoms with Crippen LogP contribution in [-0.4, -0.2) is 16.2 Å². The summed E-state index contributed by atoms with van der Waals surface area (Å²) in [6.45, 7) is 8.02. The Morgan fingerprint density at radius 3 is 2.30 bits per heavy atom. The van der Waals surface area contributed by atoms with E-state index in [2.05, 4.69) is 61.7 Å². The van der Waals surface area contributed by atoms with Gasteiger partial charge in [0.2, 0.25) is 0 Å². The average Bonchev–Trinajstić information content (AvgIpc) is 3.12. The maximum Gasteiger partial charge on any atom is 0.148 e. The van der Waals surface area contributed by atoms with E-state index in [4.69, 9.17) is 14.5 Å². The van der Waals surface area contributed by atoms with E-state index in [0.29, 0.717) is 19.8 Å². The van der Waals surface area contributed by atoms with Gasteiger partial charge in [0, 0.05) is 0 Å². The van der Waals surface area contributed by atoms with Crippen LogP contribution in [0.15, 0.2) is 66.7 Å². The van der Waals surface area contributed by atoms with Crippen LogP contribution in [0.4, 0.5) is 0 Å². The van der Waals surface area contributed by atoms with Gasteiger partial charge in [-0.1, -0.05) is 49.4 Å². The second-order valence-electron chi connectivity index (χ2n) is 7.52. The fraction of sp³-hybridized carbons (Fsp3) is 0.269. The van der Waals surface area contributed by atoms with Crippen molar-refractivity contribution < 1.29 is 9.47 Å². The highest BCUT2D eigenvalue weighted by Crippen LogP contribution is 2.23. The number of nitrogens with zero attached hydrogens (tertiary/aromatic N) is 2. The van der Waals surface area contributed by atoms with E-state index in [1.165, 1.54) is 5.56 Å². The van der Waals surface area contributed by atoms with Crippen LogP contribution in [0.5, 0.6) is 11.5 Å². The van der Waals surface area contributed by atoms with Crippen LogP contribution in [0.1, 0.15) is 29.4 Å². The Hall–Kier alpha value is -3.27. The third-order valence-corrected chi connectivity index (χ3v) is 5.40. The Morgan fingerprint density at radius 1 is 0.833 bits per heavy atom. The lowest BCUT2D eigenvalue weighted by atomic mass is 10.1. The molecule has 0 amide bonds. The number of hydrogen-bond acceptors (Lipinski definition) is 3. The number of aromatic nitrogens is 2. The van der Waals surface area contributed by atoms with Gasteiger partial charge < -0.3 is 14.0 Å². The predicted octanol–water partition coefficient (Wildman–Crippen LogP) is 5.87. The maximum absolute atomic E-state index is 6.14. The summed E-state index contributed by atoms with van der Waals surface area (Å²) < 4.78 is 14.4. The van der Waals surface area contributed by atoms with Gasteiger partial charge in [-0.15, -0.1) is 0 Å². The van der Waals surface area contributed by atoms with Crippen molar-refractivity contribution in [3.05, 3.63) is 89.2 Å². The summed E-state index contributed by atoms with van der Waals surface area (Å²) in [6.07, 6.45) is 1.02. The molecule has 4 heteroatoms. The van der Waals surface area contributed by atoms with Gasteiger partial charge in [0.1, 0.15) is 30.5 Å². The minimum atomic E-state index is 0.420. The van der Waals surface area contributed by atoms with E-state index in [9.17, 15) is 0 Å². The topological polar surface area (TPSA) is 36.3 Å². The Bertz CT molecular complexity index is 1110. The van der Waals surface area contributed by atoms with Gasteiger partial charge in [0.25, 0.3) is 0 Å². The lowest BCUT2D eigenvalue weighted by molar-refractivity contribution is 0.271. The summed E-state index contributed by atoms with van der Waals surface area (Å²) in [5.74, 6) is 2.73. The van der Waals surface area contributed by atoms with Crippen LogP contribution in [0.3, 0.4) is 0 Å². The Kier molecular flexibility index (Phi) is 6.03. The number of hydrogen-bond donors (Lipinski definition) is 0. The number of rotatable bonds is 8. The molecule has 0 bridgehead atoms. The second-order valence-corrected chi connectivity index (χ2v) is 7.52. The second kappa shape index (κ2) is 9.04. The lowest BCUT2D eigenvalue weighted by Gasteiger charge is -2.14. The van der Waals surface area contributed by atoms with E-state index >= 15 is 0 Å². The smallest absolute Gasteiger partial charge is 0.148 e. The number of benzene rings is 3. The van der Waals surface area contributed by atoms with Crippen LogP contribution >= 0.6 is 0 Å². The molecule has 4 rings (SSSR count). The molecular weight excluding hydrogens is 372 g/mol. The Balaban J connectivity index is 1.51. The number of ether oxygens (including phenoxy) is 2. The minimum absolute atomic E-state index is 0.420. The molecule has 0 radical (unpaired) electrons. The van der Waals surface area contributed by atoms with Gasteiger partial charge in [-0.05, 0) is 61.2 Å². The van der Waals surface area contributed by atoms with Crippen molar-refractivity contribution in [3.8, 4) is 11.5 Å². The number of aryl methyl sites for hydroxylation is 3. The largest absolute Gasteiger partial charge is 0.491 e. The third-order valence-electron chi connectivity index (χ3n) is 5.40. The highest BCUT2D eigenvalue weighted by Gasteiger charge is 2.12. The van der Waals surface area contributed by atoms with Crippen molar-refractivity contribution in [2.75, 3.05) is 6.61 Å². The van der Waals surface area contributed by atoms with Crippen molar-refractivity contribution in [2.45, 2.75) is 40.3 Å². The third kappa shape index (κ3) is 4.33. The van der Waals surface area contributed by atoms with Gasteiger partial charge in [-0.3, -0.25) is 0 Å². The van der Waals surface area contributed by atoms with Crippen molar-refractivity contribution in [1.29, 1.82) is 0 Å². The summed E-state index contributed by atoms with van der Waals surface area (Å²) in [7, 11) is 0. The Labute approximate surface area is 178 Å². The molecule has 0 fully saturated rings. The van der Waals surface area contributed by atoms with Gasteiger partial charge in [-0.25, -0.2) is 4.98 Å². The quantitative estimate of drug-likeness (QED) is 0.371. The van der Waals surface area contributed by atoms with Gasteiger partial charge in [-0.2, -0.15) is 0 Å². The zero-order valence-corrected chi connectivity index (χ0v) is 17.9. The molecule has 3 aromatic carbocycles. The first kappa shape index (κ1) is 20.0. The molecule has 154 valence electrons. The summed E-state index contributed by atoms with van der Waals surface area (Å²) >= 11 is 0. The van der Waals surface area contributed by atoms with E-state index in [0.717, 1.165) is 45.9 Å². The molecule has 30 heavy (non-hydrogen) atoms. The SMILES string of the molecule is CCc1ccc(OCc2nc3ccccc3n2CCOc2c(C)cccc2C)cc1. The van der Waals surface area contributed by atoms with Crippen molar-refractivity contribution >= 4 is 11.0 Å². The summed E-state index contributed by atoms with van der Waals surface area (Å²) in [4.78, 5) is 4.80. The van der Waals surface area contributed by atoms with Crippen LogP contribution in [0.25, 0.3) is 11.0 Å². The highest BCUT2D eigenvalue weighted by molar-refractivity contribution is 5.75. The molecule has 0 saturated heterocycles. The van der Waals surface area contributed by atoms with Crippen molar-refractivity contribution in [1.82, 2.24) is 9.55 Å². The zero-order chi connectivity index (χ0) is 20.9. The molecule has 0 aliphatic carbocycles. The molecule has 0 spiro atoms. The van der Waals surface area contributed by atoms with Gasteiger partial charge in [0.15, 0.2) is 0 Å². The Morgan fingerprint density at radius 2 is 1.57 bits per heavy atom. The molecule has 0 aliphatic rings. The minimum Gasteiger partial charge on any atom is -0.491 e. The van der Waals surface area contributed by atoms with Crippen LogP contribution < -0.4 is 9.47 Å². The fourth-order valence-electron chi connectivity index (χ4n) is 3.72. The van der Waals surface area contributed by atoms with E-state index < -0.39 is 0 Å². The molecule has 0 N–H and O–H groups in total. The molecule has 4 nitrogen and oxygen atoms in total. The first-order chi connectivity index (χ1) is 14.7. The van der Waals surface area contributed by atoms with Crippen LogP contribution in [0.2, 0.25) is 0 Å². The van der Waals surface area contributed by atoms with Gasteiger partial charge in [0.05, 0.1) is 17.6 Å². The predicted molar refractivity (Wildman–Crippen MR) is 121 cm³/mol. The number of fused-ring (bicyclic) bond motifs is 1. The van der Waals surface area contributed by atoms with Crippen molar-refractivity contribution in [3.63, 3.8) is 0 Å². The standard InChI is InChI=1S/C26H28N2O2/c1-4-21-12-14-22(15-13-21)30-18-25-27-23-10-5-6-11-24(23)28(25)16-17-29-26-19(2)8-7-9-20(26)3/h5-15H,4,16-18H2,1-3H3. The molecule has 0 unspecified atom stereocenters. The normalized spacial score (nSPS) is 11.0.